The van der Waals surface area contributed by atoms with Gasteiger partial charge in [-0.1, -0.05) is 20.3 Å². The van der Waals surface area contributed by atoms with E-state index in [2.05, 4.69) is 41.1 Å². The molecule has 0 saturated carbocycles. The lowest BCUT2D eigenvalue weighted by atomic mass is 10.1. The largest absolute Gasteiger partial charge is 0.474 e. The Labute approximate surface area is 128 Å². The minimum absolute atomic E-state index is 0.283. The molecule has 1 aromatic heterocycles. The van der Waals surface area contributed by atoms with Crippen molar-refractivity contribution in [2.45, 2.75) is 52.1 Å². The van der Waals surface area contributed by atoms with E-state index in [1.165, 1.54) is 0 Å². The fraction of sp³-hybridized carbons (Fsp3) is 0.750. The average molecular weight is 292 g/mol. The SMILES string of the molecule is CCCNc1ncnc(OC2CCN(C)CC2)c1CCC. The van der Waals surface area contributed by atoms with E-state index in [0.29, 0.717) is 0 Å². The first-order valence-electron chi connectivity index (χ1n) is 8.17. The lowest BCUT2D eigenvalue weighted by molar-refractivity contribution is 0.109. The number of aromatic nitrogens is 2. The molecular weight excluding hydrogens is 264 g/mol. The molecule has 1 fully saturated rings. The number of likely N-dealkylation sites (tertiary alicyclic amines) is 1. The highest BCUT2D eigenvalue weighted by Crippen LogP contribution is 2.26. The van der Waals surface area contributed by atoms with Crippen molar-refractivity contribution < 1.29 is 4.74 Å². The van der Waals surface area contributed by atoms with Gasteiger partial charge < -0.3 is 15.0 Å². The molecule has 2 rings (SSSR count). The van der Waals surface area contributed by atoms with Crippen molar-refractivity contribution in [2.75, 3.05) is 32.0 Å². The van der Waals surface area contributed by atoms with Crippen LogP contribution in [0.4, 0.5) is 5.82 Å². The standard InChI is InChI=1S/C16H28N4O/c1-4-6-14-15(17-9-5-2)18-12-19-16(14)21-13-7-10-20(3)11-8-13/h12-13H,4-11H2,1-3H3,(H,17,18,19). The molecule has 0 aromatic carbocycles. The highest BCUT2D eigenvalue weighted by Gasteiger charge is 2.21. The molecule has 0 amide bonds. The molecule has 0 spiro atoms. The van der Waals surface area contributed by atoms with Crippen LogP contribution < -0.4 is 10.1 Å². The first-order chi connectivity index (χ1) is 10.2. The summed E-state index contributed by atoms with van der Waals surface area (Å²) in [7, 11) is 2.16. The van der Waals surface area contributed by atoms with E-state index >= 15 is 0 Å². The predicted octanol–water partition coefficient (Wildman–Crippen LogP) is 2.72. The molecule has 118 valence electrons. The van der Waals surface area contributed by atoms with E-state index in [1.54, 1.807) is 6.33 Å². The van der Waals surface area contributed by atoms with Crippen LogP contribution in [0.5, 0.6) is 5.88 Å². The fourth-order valence-electron chi connectivity index (χ4n) is 2.63. The number of nitrogens with one attached hydrogen (secondary N) is 1. The van der Waals surface area contributed by atoms with Crippen molar-refractivity contribution in [3.05, 3.63) is 11.9 Å². The Hall–Kier alpha value is -1.36. The monoisotopic (exact) mass is 292 g/mol. The number of ether oxygens (including phenoxy) is 1. The Morgan fingerprint density at radius 3 is 2.67 bits per heavy atom. The van der Waals surface area contributed by atoms with Gasteiger partial charge in [0.05, 0.1) is 5.56 Å². The molecule has 21 heavy (non-hydrogen) atoms. The van der Waals surface area contributed by atoms with Gasteiger partial charge in [-0.15, -0.1) is 0 Å². The van der Waals surface area contributed by atoms with Gasteiger partial charge in [0.25, 0.3) is 0 Å². The van der Waals surface area contributed by atoms with Crippen molar-refractivity contribution in [3.8, 4) is 5.88 Å². The van der Waals surface area contributed by atoms with Gasteiger partial charge in [-0.2, -0.15) is 0 Å². The summed E-state index contributed by atoms with van der Waals surface area (Å²) in [5.74, 6) is 1.72. The molecule has 1 aliphatic heterocycles. The third-order valence-electron chi connectivity index (χ3n) is 3.89. The molecular formula is C16H28N4O. The average Bonchev–Trinajstić information content (AvgIpc) is 2.50. The number of hydrogen-bond acceptors (Lipinski definition) is 5. The van der Waals surface area contributed by atoms with E-state index in [1.807, 2.05) is 0 Å². The van der Waals surface area contributed by atoms with Gasteiger partial charge in [-0.05, 0) is 32.7 Å². The van der Waals surface area contributed by atoms with Crippen LogP contribution in [0.15, 0.2) is 6.33 Å². The van der Waals surface area contributed by atoms with Crippen molar-refractivity contribution in [2.24, 2.45) is 0 Å². The van der Waals surface area contributed by atoms with E-state index in [-0.39, 0.29) is 6.10 Å². The maximum Gasteiger partial charge on any atom is 0.222 e. The predicted molar refractivity (Wildman–Crippen MR) is 86.0 cm³/mol. The Bertz CT molecular complexity index is 430. The van der Waals surface area contributed by atoms with Crippen LogP contribution in [-0.2, 0) is 6.42 Å². The molecule has 0 bridgehead atoms. The molecule has 0 aliphatic carbocycles. The molecule has 2 heterocycles. The van der Waals surface area contributed by atoms with E-state index in [9.17, 15) is 0 Å². The van der Waals surface area contributed by atoms with Crippen LogP contribution in [0.1, 0.15) is 45.1 Å². The van der Waals surface area contributed by atoms with E-state index < -0.39 is 0 Å². The zero-order valence-corrected chi connectivity index (χ0v) is 13.6. The minimum Gasteiger partial charge on any atom is -0.474 e. The van der Waals surface area contributed by atoms with Gasteiger partial charge in [0.15, 0.2) is 0 Å². The molecule has 1 N–H and O–H groups in total. The smallest absolute Gasteiger partial charge is 0.222 e. The third kappa shape index (κ3) is 4.56. The third-order valence-corrected chi connectivity index (χ3v) is 3.89. The summed E-state index contributed by atoms with van der Waals surface area (Å²) < 4.78 is 6.19. The molecule has 1 saturated heterocycles. The first-order valence-corrected chi connectivity index (χ1v) is 8.17. The minimum atomic E-state index is 0.283. The van der Waals surface area contributed by atoms with Gasteiger partial charge in [0.2, 0.25) is 5.88 Å². The summed E-state index contributed by atoms with van der Waals surface area (Å²) in [6, 6.07) is 0. The summed E-state index contributed by atoms with van der Waals surface area (Å²) in [6.07, 6.45) is 7.15. The second kappa shape index (κ2) is 8.17. The lowest BCUT2D eigenvalue weighted by Crippen LogP contribution is -2.36. The van der Waals surface area contributed by atoms with Gasteiger partial charge >= 0.3 is 0 Å². The van der Waals surface area contributed by atoms with Crippen molar-refractivity contribution in [3.63, 3.8) is 0 Å². The number of piperidine rings is 1. The second-order valence-corrected chi connectivity index (χ2v) is 5.80. The fourth-order valence-corrected chi connectivity index (χ4v) is 2.63. The summed E-state index contributed by atoms with van der Waals surface area (Å²) >= 11 is 0. The maximum atomic E-state index is 6.19. The quantitative estimate of drug-likeness (QED) is 0.837. The number of rotatable bonds is 7. The highest BCUT2D eigenvalue weighted by atomic mass is 16.5. The molecule has 5 heteroatoms. The highest BCUT2D eigenvalue weighted by molar-refractivity contribution is 5.48. The Morgan fingerprint density at radius 2 is 2.00 bits per heavy atom. The van der Waals surface area contributed by atoms with Crippen molar-refractivity contribution in [1.82, 2.24) is 14.9 Å². The molecule has 1 aromatic rings. The lowest BCUT2D eigenvalue weighted by Gasteiger charge is -2.29. The summed E-state index contributed by atoms with van der Waals surface area (Å²) in [5.41, 5.74) is 1.13. The normalized spacial score (nSPS) is 16.9. The van der Waals surface area contributed by atoms with Crippen molar-refractivity contribution in [1.29, 1.82) is 0 Å². The van der Waals surface area contributed by atoms with Crippen LogP contribution in [0.3, 0.4) is 0 Å². The second-order valence-electron chi connectivity index (χ2n) is 5.80. The number of anilines is 1. The topological polar surface area (TPSA) is 50.3 Å². The molecule has 5 nitrogen and oxygen atoms in total. The first kappa shape index (κ1) is 16.0. The molecule has 0 unspecified atom stereocenters. The zero-order valence-electron chi connectivity index (χ0n) is 13.6. The zero-order chi connectivity index (χ0) is 15.1. The summed E-state index contributed by atoms with van der Waals surface area (Å²) in [4.78, 5) is 11.1. The summed E-state index contributed by atoms with van der Waals surface area (Å²) in [5, 5.41) is 3.39. The van der Waals surface area contributed by atoms with Gasteiger partial charge in [-0.25, -0.2) is 9.97 Å². The number of nitrogens with zero attached hydrogens (tertiary/aromatic N) is 3. The number of hydrogen-bond donors (Lipinski definition) is 1. The van der Waals surface area contributed by atoms with Gasteiger partial charge in [-0.3, -0.25) is 0 Å². The van der Waals surface area contributed by atoms with Crippen LogP contribution in [0.25, 0.3) is 0 Å². The van der Waals surface area contributed by atoms with Crippen molar-refractivity contribution >= 4 is 5.82 Å². The van der Waals surface area contributed by atoms with Gasteiger partial charge in [0, 0.05) is 19.6 Å². The van der Waals surface area contributed by atoms with Crippen LogP contribution in [0, 0.1) is 0 Å². The van der Waals surface area contributed by atoms with E-state index in [0.717, 1.165) is 69.0 Å². The molecule has 0 radical (unpaired) electrons. The molecule has 1 aliphatic rings. The maximum absolute atomic E-state index is 6.19. The van der Waals surface area contributed by atoms with E-state index in [4.69, 9.17) is 4.74 Å². The Kier molecular flexibility index (Phi) is 6.23. The van der Waals surface area contributed by atoms with Crippen LogP contribution in [0.2, 0.25) is 0 Å². The molecule has 0 atom stereocenters. The van der Waals surface area contributed by atoms with Crippen LogP contribution >= 0.6 is 0 Å². The Balaban J connectivity index is 2.09. The van der Waals surface area contributed by atoms with Crippen LogP contribution in [-0.4, -0.2) is 47.7 Å². The summed E-state index contributed by atoms with van der Waals surface area (Å²) in [6.45, 7) is 7.46. The van der Waals surface area contributed by atoms with Gasteiger partial charge in [0.1, 0.15) is 18.2 Å². The Morgan fingerprint density at radius 1 is 1.24 bits per heavy atom.